The number of fused-ring (bicyclic) bond motifs is 1. The lowest BCUT2D eigenvalue weighted by molar-refractivity contribution is -0.0643. The molecule has 1 aliphatic heterocycles. The van der Waals surface area contributed by atoms with Crippen LogP contribution in [0.3, 0.4) is 0 Å². The first-order valence-corrected chi connectivity index (χ1v) is 11.2. The molecule has 0 fully saturated rings. The summed E-state index contributed by atoms with van der Waals surface area (Å²) < 4.78 is 19.0. The molecule has 4 rings (SSSR count). The summed E-state index contributed by atoms with van der Waals surface area (Å²) in [6.45, 7) is 4.35. The number of anilines is 1. The highest BCUT2D eigenvalue weighted by atomic mass is 35.5. The Bertz CT molecular complexity index is 1130. The quantitative estimate of drug-likeness (QED) is 0.468. The van der Waals surface area contributed by atoms with Gasteiger partial charge in [-0.3, -0.25) is 4.79 Å². The van der Waals surface area contributed by atoms with Crippen molar-refractivity contribution in [3.05, 3.63) is 94.3 Å². The van der Waals surface area contributed by atoms with E-state index in [2.05, 4.69) is 10.6 Å². The molecular weight excluding hydrogens is 443 g/mol. The third-order valence-electron chi connectivity index (χ3n) is 5.81. The fourth-order valence-corrected chi connectivity index (χ4v) is 4.08. The molecule has 1 aliphatic rings. The topological polar surface area (TPSA) is 70.6 Å². The molecule has 0 aromatic heterocycles. The number of carbonyl (C=O) groups is 1. The first-order valence-electron chi connectivity index (χ1n) is 10.8. The van der Waals surface area contributed by atoms with Crippen LogP contribution in [0.2, 0.25) is 5.02 Å². The zero-order chi connectivity index (χ0) is 23.6. The van der Waals surface area contributed by atoms with Gasteiger partial charge in [-0.1, -0.05) is 29.8 Å². The smallest absolute Gasteiger partial charge is 0.255 e. The number of carbonyl (C=O) groups excluding carboxylic acids is 1. The van der Waals surface area contributed by atoms with Gasteiger partial charge in [-0.2, -0.15) is 0 Å². The van der Waals surface area contributed by atoms with Crippen LogP contribution in [0.1, 0.15) is 41.4 Å². The minimum absolute atomic E-state index is 0.282. The third kappa shape index (κ3) is 5.36. The van der Waals surface area contributed by atoms with Crippen LogP contribution in [-0.4, -0.2) is 29.3 Å². The molecule has 0 bridgehead atoms. The van der Waals surface area contributed by atoms with Gasteiger partial charge < -0.3 is 20.5 Å². The molecule has 0 spiro atoms. The lowest BCUT2D eigenvalue weighted by Gasteiger charge is -2.42. The van der Waals surface area contributed by atoms with Crippen LogP contribution in [0.4, 0.5) is 10.1 Å². The molecule has 33 heavy (non-hydrogen) atoms. The zero-order valence-electron chi connectivity index (χ0n) is 18.4. The van der Waals surface area contributed by atoms with E-state index in [0.29, 0.717) is 28.6 Å². The van der Waals surface area contributed by atoms with Gasteiger partial charge >= 0.3 is 0 Å². The standard InChI is InChI=1S/C26H26ClFN2O3/c1-26(2)24(31)23(21-12-7-18(27)15-22(21)33-26)29-14-13-16-3-10-20(11-4-16)30-25(32)17-5-8-19(28)9-6-17/h3-12,15,23-24,29,31H,13-14H2,1-2H3,(H,30,32). The Balaban J connectivity index is 1.36. The molecule has 1 heterocycles. The van der Waals surface area contributed by atoms with E-state index in [-0.39, 0.29) is 17.8 Å². The van der Waals surface area contributed by atoms with Gasteiger partial charge in [0.25, 0.3) is 5.91 Å². The van der Waals surface area contributed by atoms with Crippen LogP contribution in [-0.2, 0) is 6.42 Å². The molecule has 3 aromatic carbocycles. The van der Waals surface area contributed by atoms with Crippen LogP contribution in [0.5, 0.6) is 5.75 Å². The van der Waals surface area contributed by atoms with Crippen molar-refractivity contribution in [3.63, 3.8) is 0 Å². The number of benzene rings is 3. The molecule has 1 amide bonds. The monoisotopic (exact) mass is 468 g/mol. The van der Waals surface area contributed by atoms with E-state index < -0.39 is 11.7 Å². The van der Waals surface area contributed by atoms with E-state index in [1.54, 1.807) is 12.1 Å². The first-order chi connectivity index (χ1) is 15.7. The molecule has 0 saturated carbocycles. The van der Waals surface area contributed by atoms with E-state index in [9.17, 15) is 14.3 Å². The molecule has 0 saturated heterocycles. The Morgan fingerprint density at radius 1 is 1.09 bits per heavy atom. The molecule has 3 aromatic rings. The summed E-state index contributed by atoms with van der Waals surface area (Å²) in [6.07, 6.45) is 0.00909. The highest BCUT2D eigenvalue weighted by molar-refractivity contribution is 6.30. The van der Waals surface area contributed by atoms with E-state index in [1.165, 1.54) is 24.3 Å². The van der Waals surface area contributed by atoms with Crippen molar-refractivity contribution in [1.82, 2.24) is 5.32 Å². The second kappa shape index (κ2) is 9.51. The molecule has 2 atom stereocenters. The Kier molecular flexibility index (Phi) is 6.70. The van der Waals surface area contributed by atoms with Gasteiger partial charge in [0, 0.05) is 21.8 Å². The lowest BCUT2D eigenvalue weighted by Crippen LogP contribution is -2.52. The molecule has 2 unspecified atom stereocenters. The maximum atomic E-state index is 13.0. The predicted molar refractivity (Wildman–Crippen MR) is 127 cm³/mol. The largest absolute Gasteiger partial charge is 0.485 e. The van der Waals surface area contributed by atoms with E-state index in [4.69, 9.17) is 16.3 Å². The molecular formula is C26H26ClFN2O3. The molecule has 3 N–H and O–H groups in total. The molecule has 172 valence electrons. The van der Waals surface area contributed by atoms with E-state index in [0.717, 1.165) is 17.5 Å². The number of hydrogen-bond acceptors (Lipinski definition) is 4. The number of ether oxygens (including phenoxy) is 1. The Morgan fingerprint density at radius 3 is 2.48 bits per heavy atom. The van der Waals surface area contributed by atoms with Crippen LogP contribution < -0.4 is 15.4 Å². The SMILES string of the molecule is CC1(C)Oc2cc(Cl)ccc2C(NCCc2ccc(NC(=O)c3ccc(F)cc3)cc2)C1O. The van der Waals surface area contributed by atoms with Gasteiger partial charge in [-0.25, -0.2) is 4.39 Å². The number of aliphatic hydroxyl groups is 1. The van der Waals surface area contributed by atoms with Gasteiger partial charge in [-0.15, -0.1) is 0 Å². The highest BCUT2D eigenvalue weighted by Gasteiger charge is 2.42. The van der Waals surface area contributed by atoms with Crippen LogP contribution >= 0.6 is 11.6 Å². The van der Waals surface area contributed by atoms with Crippen LogP contribution in [0.25, 0.3) is 0 Å². The van der Waals surface area contributed by atoms with Gasteiger partial charge in [0.2, 0.25) is 0 Å². The Morgan fingerprint density at radius 2 is 1.79 bits per heavy atom. The number of halogens is 2. The minimum atomic E-state index is -0.750. The number of hydrogen-bond donors (Lipinski definition) is 3. The number of aliphatic hydroxyl groups excluding tert-OH is 1. The maximum Gasteiger partial charge on any atom is 0.255 e. The van der Waals surface area contributed by atoms with Crippen molar-refractivity contribution in [2.45, 2.75) is 38.0 Å². The summed E-state index contributed by atoms with van der Waals surface area (Å²) in [6, 6.07) is 18.1. The fourth-order valence-electron chi connectivity index (χ4n) is 3.92. The van der Waals surface area contributed by atoms with Crippen molar-refractivity contribution in [3.8, 4) is 5.75 Å². The van der Waals surface area contributed by atoms with Gasteiger partial charge in [0.1, 0.15) is 23.3 Å². The molecule has 0 radical (unpaired) electrons. The van der Waals surface area contributed by atoms with Crippen molar-refractivity contribution in [2.24, 2.45) is 0 Å². The summed E-state index contributed by atoms with van der Waals surface area (Å²) in [5, 5.41) is 17.7. The van der Waals surface area contributed by atoms with E-state index >= 15 is 0 Å². The minimum Gasteiger partial charge on any atom is -0.485 e. The van der Waals surface area contributed by atoms with E-state index in [1.807, 2.05) is 44.2 Å². The normalized spacial score (nSPS) is 18.8. The first kappa shape index (κ1) is 23.2. The summed E-state index contributed by atoms with van der Waals surface area (Å²) in [5.74, 6) is 0.00415. The van der Waals surface area contributed by atoms with Crippen molar-refractivity contribution < 1.29 is 19.0 Å². The average molecular weight is 469 g/mol. The number of amides is 1. The van der Waals surface area contributed by atoms with Crippen LogP contribution in [0.15, 0.2) is 66.7 Å². The summed E-state index contributed by atoms with van der Waals surface area (Å²) in [4.78, 5) is 12.3. The summed E-state index contributed by atoms with van der Waals surface area (Å²) >= 11 is 6.12. The fraction of sp³-hybridized carbons (Fsp3) is 0.269. The van der Waals surface area contributed by atoms with Crippen LogP contribution in [0, 0.1) is 5.82 Å². The number of rotatable bonds is 6. The summed E-state index contributed by atoms with van der Waals surface area (Å²) in [7, 11) is 0. The van der Waals surface area contributed by atoms with Gasteiger partial charge in [0.05, 0.1) is 6.04 Å². The lowest BCUT2D eigenvalue weighted by atomic mass is 9.86. The number of nitrogens with one attached hydrogen (secondary N) is 2. The highest BCUT2D eigenvalue weighted by Crippen LogP contribution is 2.40. The summed E-state index contributed by atoms with van der Waals surface area (Å²) in [5.41, 5.74) is 2.27. The zero-order valence-corrected chi connectivity index (χ0v) is 19.2. The predicted octanol–water partition coefficient (Wildman–Crippen LogP) is 5.14. The second-order valence-corrected chi connectivity index (χ2v) is 9.11. The molecule has 0 aliphatic carbocycles. The van der Waals surface area contributed by atoms with Crippen molar-refractivity contribution >= 4 is 23.2 Å². The Hall–Kier alpha value is -2.93. The van der Waals surface area contributed by atoms with Gasteiger partial charge in [0.15, 0.2) is 0 Å². The third-order valence-corrected chi connectivity index (χ3v) is 6.04. The Labute approximate surface area is 197 Å². The molecule has 7 heteroatoms. The van der Waals surface area contributed by atoms with Crippen molar-refractivity contribution in [2.75, 3.05) is 11.9 Å². The maximum absolute atomic E-state index is 13.0. The average Bonchev–Trinajstić information content (AvgIpc) is 2.77. The van der Waals surface area contributed by atoms with Gasteiger partial charge in [-0.05, 0) is 80.9 Å². The molecule has 5 nitrogen and oxygen atoms in total. The van der Waals surface area contributed by atoms with Crippen molar-refractivity contribution in [1.29, 1.82) is 0 Å². The second-order valence-electron chi connectivity index (χ2n) is 8.67.